The zero-order valence-corrected chi connectivity index (χ0v) is 16.8. The fourth-order valence-corrected chi connectivity index (χ4v) is 4.46. The average Bonchev–Trinajstić information content (AvgIpc) is 2.68. The van der Waals surface area contributed by atoms with Crippen molar-refractivity contribution >= 4 is 35.3 Å². The van der Waals surface area contributed by atoms with Gasteiger partial charge in [0.25, 0.3) is 5.91 Å². The molecule has 0 atom stereocenters. The van der Waals surface area contributed by atoms with Gasteiger partial charge in [-0.05, 0) is 36.2 Å². The molecule has 1 N–H and O–H groups in total. The van der Waals surface area contributed by atoms with E-state index in [9.17, 15) is 4.79 Å². The van der Waals surface area contributed by atoms with Crippen LogP contribution in [0, 0.1) is 6.92 Å². The van der Waals surface area contributed by atoms with Crippen LogP contribution in [-0.2, 0) is 4.74 Å². The topological polar surface area (TPSA) is 44.8 Å². The van der Waals surface area contributed by atoms with E-state index in [0.717, 1.165) is 61.8 Å². The molecule has 2 heterocycles. The van der Waals surface area contributed by atoms with Crippen molar-refractivity contribution in [3.05, 3.63) is 52.5 Å². The highest BCUT2D eigenvalue weighted by Gasteiger charge is 2.25. The average molecular weight is 404 g/mol. The van der Waals surface area contributed by atoms with Crippen molar-refractivity contribution in [2.75, 3.05) is 43.7 Å². The molecule has 142 valence electrons. The summed E-state index contributed by atoms with van der Waals surface area (Å²) in [6.07, 6.45) is 0. The van der Waals surface area contributed by atoms with Gasteiger partial charge in [0.15, 0.2) is 0 Å². The Kier molecular flexibility index (Phi) is 5.59. The van der Waals surface area contributed by atoms with Crippen LogP contribution in [0.4, 0.5) is 5.69 Å². The lowest BCUT2D eigenvalue weighted by atomic mass is 10.00. The van der Waals surface area contributed by atoms with Crippen molar-refractivity contribution in [3.63, 3.8) is 0 Å². The number of hydrogen-bond acceptors (Lipinski definition) is 5. The number of nitrogens with one attached hydrogen (secondary N) is 1. The molecule has 1 amide bonds. The third kappa shape index (κ3) is 4.09. The largest absolute Gasteiger partial charge is 0.379 e. The molecule has 0 aromatic heterocycles. The highest BCUT2D eigenvalue weighted by atomic mass is 35.5. The first-order chi connectivity index (χ1) is 13.1. The van der Waals surface area contributed by atoms with E-state index in [1.165, 1.54) is 12.1 Å². The van der Waals surface area contributed by atoms with Gasteiger partial charge in [0.05, 0.1) is 36.6 Å². The maximum absolute atomic E-state index is 12.4. The molecule has 2 aromatic rings. The van der Waals surface area contributed by atoms with Gasteiger partial charge >= 0.3 is 0 Å². The summed E-state index contributed by atoms with van der Waals surface area (Å²) in [5.41, 5.74) is 4.64. The SMILES string of the molecule is Cc1ccc(-c2ccc3c(c2)C(=O)NSN3CCN2CCOCC2)c(Cl)c1. The van der Waals surface area contributed by atoms with Gasteiger partial charge in [-0.2, -0.15) is 0 Å². The number of benzene rings is 2. The Balaban J connectivity index is 1.57. The number of anilines is 1. The molecule has 1 fully saturated rings. The zero-order valence-electron chi connectivity index (χ0n) is 15.2. The molecule has 0 aliphatic carbocycles. The number of nitrogens with zero attached hydrogens (tertiary/aromatic N) is 2. The Morgan fingerprint density at radius 2 is 1.93 bits per heavy atom. The van der Waals surface area contributed by atoms with Crippen LogP contribution in [0.2, 0.25) is 5.02 Å². The summed E-state index contributed by atoms with van der Waals surface area (Å²) in [4.78, 5) is 14.8. The minimum absolute atomic E-state index is 0.0669. The minimum atomic E-state index is -0.0669. The number of carbonyl (C=O) groups is 1. The van der Waals surface area contributed by atoms with E-state index in [0.29, 0.717) is 10.6 Å². The van der Waals surface area contributed by atoms with E-state index in [1.807, 2.05) is 43.3 Å². The van der Waals surface area contributed by atoms with Gasteiger partial charge in [0.2, 0.25) is 0 Å². The van der Waals surface area contributed by atoms with Gasteiger partial charge in [0.1, 0.15) is 0 Å². The quantitative estimate of drug-likeness (QED) is 0.787. The zero-order chi connectivity index (χ0) is 18.8. The Bertz CT molecular complexity index is 855. The number of rotatable bonds is 4. The van der Waals surface area contributed by atoms with Crippen molar-refractivity contribution in [1.29, 1.82) is 0 Å². The van der Waals surface area contributed by atoms with Crippen LogP contribution in [0.3, 0.4) is 0 Å². The summed E-state index contributed by atoms with van der Waals surface area (Å²) >= 11 is 7.78. The lowest BCUT2D eigenvalue weighted by Crippen LogP contribution is -2.42. The summed E-state index contributed by atoms with van der Waals surface area (Å²) in [6, 6.07) is 12.0. The van der Waals surface area contributed by atoms with Gasteiger partial charge in [-0.3, -0.25) is 18.7 Å². The molecular formula is C20H22ClN3O2S. The van der Waals surface area contributed by atoms with E-state index < -0.39 is 0 Å². The maximum Gasteiger partial charge on any atom is 0.264 e. The fourth-order valence-electron chi connectivity index (χ4n) is 3.38. The predicted octanol–water partition coefficient (Wildman–Crippen LogP) is 3.76. The molecule has 27 heavy (non-hydrogen) atoms. The lowest BCUT2D eigenvalue weighted by Gasteiger charge is -2.33. The lowest BCUT2D eigenvalue weighted by molar-refractivity contribution is 0.0395. The fraction of sp³-hybridized carbons (Fsp3) is 0.350. The molecule has 2 aliphatic rings. The summed E-state index contributed by atoms with van der Waals surface area (Å²) in [6.45, 7) is 7.30. The van der Waals surface area contributed by atoms with Crippen molar-refractivity contribution in [2.24, 2.45) is 0 Å². The monoisotopic (exact) mass is 403 g/mol. The van der Waals surface area contributed by atoms with Crippen LogP contribution in [0.15, 0.2) is 36.4 Å². The molecule has 1 saturated heterocycles. The second kappa shape index (κ2) is 8.10. The van der Waals surface area contributed by atoms with Crippen LogP contribution < -0.4 is 9.03 Å². The Morgan fingerprint density at radius 3 is 2.70 bits per heavy atom. The highest BCUT2D eigenvalue weighted by molar-refractivity contribution is 7.99. The third-order valence-corrected chi connectivity index (χ3v) is 6.11. The number of carbonyl (C=O) groups excluding carboxylic acids is 1. The van der Waals surface area contributed by atoms with Crippen molar-refractivity contribution < 1.29 is 9.53 Å². The van der Waals surface area contributed by atoms with E-state index in [4.69, 9.17) is 16.3 Å². The Hall–Kier alpha value is -1.73. The smallest absolute Gasteiger partial charge is 0.264 e. The van der Waals surface area contributed by atoms with Gasteiger partial charge in [-0.1, -0.05) is 29.8 Å². The second-order valence-electron chi connectivity index (χ2n) is 6.79. The van der Waals surface area contributed by atoms with E-state index in [2.05, 4.69) is 13.9 Å². The standard InChI is InChI=1S/C20H22ClN3O2S/c1-14-2-4-16(18(21)12-14)15-3-5-19-17(13-15)20(25)22-27-24(19)7-6-23-8-10-26-11-9-23/h2-5,12-13H,6-11H2,1H3,(H,22,25). The first-order valence-corrected chi connectivity index (χ1v) is 10.2. The molecule has 2 aromatic carbocycles. The third-order valence-electron chi connectivity index (χ3n) is 4.92. The predicted molar refractivity (Wildman–Crippen MR) is 111 cm³/mol. The van der Waals surface area contributed by atoms with Gasteiger partial charge in [-0.25, -0.2) is 0 Å². The maximum atomic E-state index is 12.4. The highest BCUT2D eigenvalue weighted by Crippen LogP contribution is 2.36. The molecule has 5 nitrogen and oxygen atoms in total. The summed E-state index contributed by atoms with van der Waals surface area (Å²) < 4.78 is 10.5. The van der Waals surface area contributed by atoms with Crippen LogP contribution >= 0.6 is 23.7 Å². The number of morpholine rings is 1. The first kappa shape index (κ1) is 18.6. The van der Waals surface area contributed by atoms with Gasteiger partial charge in [0, 0.05) is 36.8 Å². The molecule has 0 unspecified atom stereocenters. The van der Waals surface area contributed by atoms with Crippen LogP contribution in [0.25, 0.3) is 11.1 Å². The molecular weight excluding hydrogens is 382 g/mol. The van der Waals surface area contributed by atoms with E-state index >= 15 is 0 Å². The molecule has 7 heteroatoms. The van der Waals surface area contributed by atoms with Crippen molar-refractivity contribution in [1.82, 2.24) is 9.62 Å². The molecule has 0 saturated carbocycles. The van der Waals surface area contributed by atoms with E-state index in [1.54, 1.807) is 0 Å². The molecule has 4 rings (SSSR count). The number of halogens is 1. The number of ether oxygens (including phenoxy) is 1. The molecule has 2 aliphatic heterocycles. The number of hydrogen-bond donors (Lipinski definition) is 1. The molecule has 0 radical (unpaired) electrons. The normalized spacial score (nSPS) is 17.6. The van der Waals surface area contributed by atoms with E-state index in [-0.39, 0.29) is 5.91 Å². The van der Waals surface area contributed by atoms with Gasteiger partial charge in [-0.15, -0.1) is 0 Å². The summed E-state index contributed by atoms with van der Waals surface area (Å²) in [7, 11) is 0. The first-order valence-electron chi connectivity index (χ1n) is 9.07. The second-order valence-corrected chi connectivity index (χ2v) is 8.03. The van der Waals surface area contributed by atoms with Crippen LogP contribution in [-0.4, -0.2) is 50.2 Å². The summed E-state index contributed by atoms with van der Waals surface area (Å²) in [5.74, 6) is -0.0669. The van der Waals surface area contributed by atoms with Crippen molar-refractivity contribution in [3.8, 4) is 11.1 Å². The molecule has 0 bridgehead atoms. The Labute approximate surface area is 168 Å². The molecule has 0 spiro atoms. The minimum Gasteiger partial charge on any atom is -0.379 e. The number of fused-ring (bicyclic) bond motifs is 1. The summed E-state index contributed by atoms with van der Waals surface area (Å²) in [5, 5.41) is 0.699. The Morgan fingerprint density at radius 1 is 1.11 bits per heavy atom. The number of aryl methyl sites for hydroxylation is 1. The number of amides is 1. The van der Waals surface area contributed by atoms with Crippen LogP contribution in [0.1, 0.15) is 15.9 Å². The van der Waals surface area contributed by atoms with Crippen LogP contribution in [0.5, 0.6) is 0 Å². The van der Waals surface area contributed by atoms with Gasteiger partial charge < -0.3 is 4.74 Å². The van der Waals surface area contributed by atoms with Crippen molar-refractivity contribution in [2.45, 2.75) is 6.92 Å².